The molecule has 0 aromatic rings. The molecule has 98 valence electrons. The van der Waals surface area contributed by atoms with Crippen LogP contribution in [-0.2, 0) is 0 Å². The lowest BCUT2D eigenvalue weighted by Gasteiger charge is -2.24. The molecule has 0 rings (SSSR count). The maximum Gasteiger partial charge on any atom is 0.401 e. The van der Waals surface area contributed by atoms with E-state index in [-0.39, 0.29) is 6.04 Å². The van der Waals surface area contributed by atoms with Gasteiger partial charge in [0.2, 0.25) is 0 Å². The predicted molar refractivity (Wildman–Crippen MR) is 60.3 cm³/mol. The number of nitrogens with two attached hydrogens (primary N) is 1. The normalized spacial score (nSPS) is 14.4. The van der Waals surface area contributed by atoms with Crippen LogP contribution in [0.3, 0.4) is 0 Å². The molecule has 5 heteroatoms. The van der Waals surface area contributed by atoms with Crippen LogP contribution in [0.1, 0.15) is 39.5 Å². The fourth-order valence-corrected chi connectivity index (χ4v) is 1.70. The van der Waals surface area contributed by atoms with E-state index >= 15 is 0 Å². The first-order valence-corrected chi connectivity index (χ1v) is 5.93. The van der Waals surface area contributed by atoms with Gasteiger partial charge in [0.1, 0.15) is 0 Å². The van der Waals surface area contributed by atoms with Gasteiger partial charge in [-0.15, -0.1) is 0 Å². The summed E-state index contributed by atoms with van der Waals surface area (Å²) < 4.78 is 36.7. The Morgan fingerprint density at radius 2 is 1.69 bits per heavy atom. The van der Waals surface area contributed by atoms with Gasteiger partial charge in [0.15, 0.2) is 0 Å². The first-order valence-electron chi connectivity index (χ1n) is 5.93. The summed E-state index contributed by atoms with van der Waals surface area (Å²) >= 11 is 0. The van der Waals surface area contributed by atoms with Crippen LogP contribution in [0.5, 0.6) is 0 Å². The topological polar surface area (TPSA) is 29.3 Å². The molecule has 0 aliphatic rings. The lowest BCUT2D eigenvalue weighted by Crippen LogP contribution is -2.37. The quantitative estimate of drug-likeness (QED) is 0.707. The second-order valence-corrected chi connectivity index (χ2v) is 4.23. The summed E-state index contributed by atoms with van der Waals surface area (Å²) in [5, 5.41) is 0. The van der Waals surface area contributed by atoms with Gasteiger partial charge in [-0.25, -0.2) is 0 Å². The molecule has 1 atom stereocenters. The highest BCUT2D eigenvalue weighted by Gasteiger charge is 2.30. The Labute approximate surface area is 96.0 Å². The average Bonchev–Trinajstić information content (AvgIpc) is 2.13. The van der Waals surface area contributed by atoms with Crippen molar-refractivity contribution in [3.63, 3.8) is 0 Å². The lowest BCUT2D eigenvalue weighted by molar-refractivity contribution is -0.146. The Morgan fingerprint density at radius 3 is 2.12 bits per heavy atom. The molecule has 0 aromatic carbocycles. The molecular formula is C11H23F3N2. The van der Waals surface area contributed by atoms with Gasteiger partial charge >= 0.3 is 6.18 Å². The van der Waals surface area contributed by atoms with Crippen molar-refractivity contribution in [1.29, 1.82) is 0 Å². The second kappa shape index (κ2) is 7.90. The number of alkyl halides is 3. The van der Waals surface area contributed by atoms with Crippen molar-refractivity contribution in [3.8, 4) is 0 Å². The van der Waals surface area contributed by atoms with Crippen LogP contribution in [0, 0.1) is 0 Å². The van der Waals surface area contributed by atoms with Gasteiger partial charge in [-0.3, -0.25) is 4.90 Å². The molecule has 0 aliphatic carbocycles. The Kier molecular flexibility index (Phi) is 7.76. The minimum absolute atomic E-state index is 0.0255. The van der Waals surface area contributed by atoms with E-state index in [2.05, 4.69) is 0 Å². The average molecular weight is 240 g/mol. The van der Waals surface area contributed by atoms with Crippen molar-refractivity contribution < 1.29 is 13.2 Å². The van der Waals surface area contributed by atoms with Gasteiger partial charge in [0, 0.05) is 6.04 Å². The minimum atomic E-state index is -4.11. The number of rotatable bonds is 8. The van der Waals surface area contributed by atoms with Crippen LogP contribution in [0.15, 0.2) is 0 Å². The Bertz CT molecular complexity index is 171. The molecule has 1 unspecified atom stereocenters. The van der Waals surface area contributed by atoms with Crippen molar-refractivity contribution in [2.45, 2.75) is 51.7 Å². The molecule has 0 fully saturated rings. The molecule has 0 saturated heterocycles. The first kappa shape index (κ1) is 15.7. The zero-order valence-electron chi connectivity index (χ0n) is 10.2. The van der Waals surface area contributed by atoms with E-state index in [1.165, 1.54) is 4.90 Å². The van der Waals surface area contributed by atoms with E-state index in [1.807, 2.05) is 13.8 Å². The van der Waals surface area contributed by atoms with Crippen LogP contribution in [0.25, 0.3) is 0 Å². The maximum absolute atomic E-state index is 12.2. The van der Waals surface area contributed by atoms with Crippen molar-refractivity contribution >= 4 is 0 Å². The van der Waals surface area contributed by atoms with E-state index in [4.69, 9.17) is 5.73 Å². The van der Waals surface area contributed by atoms with Crippen LogP contribution in [-0.4, -0.2) is 36.8 Å². The van der Waals surface area contributed by atoms with Crippen molar-refractivity contribution in [2.75, 3.05) is 19.6 Å². The standard InChI is InChI=1S/C11H23F3N2/c1-3-5-10(15)6-8-16(7-4-2)9-11(12,13)14/h10H,3-9,15H2,1-2H3. The third-order valence-electron chi connectivity index (χ3n) is 2.42. The highest BCUT2D eigenvalue weighted by atomic mass is 19.4. The van der Waals surface area contributed by atoms with E-state index in [9.17, 15) is 13.2 Å². The van der Waals surface area contributed by atoms with Gasteiger partial charge in [0.05, 0.1) is 6.54 Å². The molecule has 0 heterocycles. The van der Waals surface area contributed by atoms with Gasteiger partial charge in [-0.05, 0) is 32.4 Å². The predicted octanol–water partition coefficient (Wildman–Crippen LogP) is 2.78. The Morgan fingerprint density at radius 1 is 1.06 bits per heavy atom. The van der Waals surface area contributed by atoms with Gasteiger partial charge in [-0.1, -0.05) is 20.3 Å². The van der Waals surface area contributed by atoms with Crippen LogP contribution in [0.4, 0.5) is 13.2 Å². The Hall–Kier alpha value is -0.290. The van der Waals surface area contributed by atoms with Crippen LogP contribution in [0.2, 0.25) is 0 Å². The number of halogens is 3. The summed E-state index contributed by atoms with van der Waals surface area (Å²) in [6, 6.07) is 0.0255. The lowest BCUT2D eigenvalue weighted by atomic mass is 10.1. The summed E-state index contributed by atoms with van der Waals surface area (Å²) in [7, 11) is 0. The number of nitrogens with zero attached hydrogens (tertiary/aromatic N) is 1. The molecule has 2 nitrogen and oxygen atoms in total. The molecule has 0 amide bonds. The van der Waals surface area contributed by atoms with Gasteiger partial charge in [0.25, 0.3) is 0 Å². The molecule has 0 bridgehead atoms. The fraction of sp³-hybridized carbons (Fsp3) is 1.00. The zero-order valence-corrected chi connectivity index (χ0v) is 10.2. The van der Waals surface area contributed by atoms with Crippen molar-refractivity contribution in [1.82, 2.24) is 4.90 Å². The van der Waals surface area contributed by atoms with Crippen LogP contribution < -0.4 is 5.73 Å². The molecule has 16 heavy (non-hydrogen) atoms. The van der Waals surface area contributed by atoms with Gasteiger partial charge < -0.3 is 5.73 Å². The summed E-state index contributed by atoms with van der Waals surface area (Å²) in [6.07, 6.45) is -0.868. The van der Waals surface area contributed by atoms with E-state index < -0.39 is 12.7 Å². The van der Waals surface area contributed by atoms with Crippen molar-refractivity contribution in [3.05, 3.63) is 0 Å². The molecule has 0 radical (unpaired) electrons. The maximum atomic E-state index is 12.2. The SMILES string of the molecule is CCCC(N)CCN(CCC)CC(F)(F)F. The number of hydrogen-bond acceptors (Lipinski definition) is 2. The zero-order chi connectivity index (χ0) is 12.6. The minimum Gasteiger partial charge on any atom is -0.328 e. The second-order valence-electron chi connectivity index (χ2n) is 4.23. The van der Waals surface area contributed by atoms with Crippen LogP contribution >= 0.6 is 0 Å². The summed E-state index contributed by atoms with van der Waals surface area (Å²) in [5.41, 5.74) is 5.78. The molecule has 0 saturated carbocycles. The fourth-order valence-electron chi connectivity index (χ4n) is 1.70. The highest BCUT2D eigenvalue weighted by Crippen LogP contribution is 2.17. The third-order valence-corrected chi connectivity index (χ3v) is 2.42. The van der Waals surface area contributed by atoms with E-state index in [0.717, 1.165) is 19.3 Å². The molecule has 0 aromatic heterocycles. The molecule has 0 spiro atoms. The van der Waals surface area contributed by atoms with Gasteiger partial charge in [-0.2, -0.15) is 13.2 Å². The molecular weight excluding hydrogens is 217 g/mol. The van der Waals surface area contributed by atoms with E-state index in [0.29, 0.717) is 19.5 Å². The van der Waals surface area contributed by atoms with Crippen molar-refractivity contribution in [2.24, 2.45) is 5.73 Å². The van der Waals surface area contributed by atoms with E-state index in [1.54, 1.807) is 0 Å². The largest absolute Gasteiger partial charge is 0.401 e. The smallest absolute Gasteiger partial charge is 0.328 e. The highest BCUT2D eigenvalue weighted by molar-refractivity contribution is 4.67. The monoisotopic (exact) mass is 240 g/mol. The molecule has 2 N–H and O–H groups in total. The molecule has 0 aliphatic heterocycles. The Balaban J connectivity index is 3.93. The summed E-state index contributed by atoms with van der Waals surface area (Å²) in [5.74, 6) is 0. The number of hydrogen-bond donors (Lipinski definition) is 1. The first-order chi connectivity index (χ1) is 7.39. The summed E-state index contributed by atoms with van der Waals surface area (Å²) in [6.45, 7) is 4.02. The summed E-state index contributed by atoms with van der Waals surface area (Å²) in [4.78, 5) is 1.44. The third kappa shape index (κ3) is 8.97.